The topological polar surface area (TPSA) is 91.0 Å². The largest absolute Gasteiger partial charge is 0.497 e. The zero-order valence-corrected chi connectivity index (χ0v) is 17.2. The number of hydrogen-bond acceptors (Lipinski definition) is 3. The highest BCUT2D eigenvalue weighted by Crippen LogP contribution is 2.30. The van der Waals surface area contributed by atoms with Crippen LogP contribution in [0.25, 0.3) is 10.9 Å². The van der Waals surface area contributed by atoms with Crippen LogP contribution in [0.1, 0.15) is 24.0 Å². The summed E-state index contributed by atoms with van der Waals surface area (Å²) in [7, 11) is 1.65. The molecule has 4 rings (SSSR count). The van der Waals surface area contributed by atoms with Gasteiger partial charge in [0, 0.05) is 30.2 Å². The molecule has 7 heteroatoms. The molecule has 2 atom stereocenters. The maximum absolute atomic E-state index is 12.7. The second kappa shape index (κ2) is 8.59. The van der Waals surface area contributed by atoms with Crippen LogP contribution in [0.4, 0.5) is 4.79 Å². The van der Waals surface area contributed by atoms with Gasteiger partial charge in [0.1, 0.15) is 5.75 Å². The average molecular weight is 407 g/mol. The van der Waals surface area contributed by atoms with Crippen molar-refractivity contribution in [2.75, 3.05) is 26.7 Å². The molecule has 0 spiro atoms. The van der Waals surface area contributed by atoms with E-state index in [4.69, 9.17) is 4.74 Å². The molecule has 1 aromatic heterocycles. The summed E-state index contributed by atoms with van der Waals surface area (Å²) in [5.41, 5.74) is 3.42. The maximum Gasteiger partial charge on any atom is 0.324 e. The van der Waals surface area contributed by atoms with E-state index >= 15 is 0 Å². The molecule has 3 aromatic rings. The lowest BCUT2D eigenvalue weighted by Crippen LogP contribution is -2.92. The summed E-state index contributed by atoms with van der Waals surface area (Å²) in [5.74, 6) is 0.733. The highest BCUT2D eigenvalue weighted by atomic mass is 16.5. The van der Waals surface area contributed by atoms with Gasteiger partial charge in [-0.2, -0.15) is 0 Å². The lowest BCUT2D eigenvalue weighted by molar-refractivity contribution is -0.675. The van der Waals surface area contributed by atoms with E-state index in [9.17, 15) is 9.59 Å². The minimum Gasteiger partial charge on any atom is -0.497 e. The number of carbonyl (C=O) groups excluding carboxylic acids is 2. The summed E-state index contributed by atoms with van der Waals surface area (Å²) in [6.45, 7) is 3.48. The van der Waals surface area contributed by atoms with Crippen LogP contribution in [0.15, 0.2) is 54.7 Å². The number of imide groups is 1. The van der Waals surface area contributed by atoms with Crippen molar-refractivity contribution < 1.29 is 19.6 Å². The molecule has 1 saturated heterocycles. The number of rotatable bonds is 7. The maximum atomic E-state index is 12.7. The molecular weight excluding hydrogens is 380 g/mol. The van der Waals surface area contributed by atoms with Gasteiger partial charge in [0.25, 0.3) is 5.91 Å². The Morgan fingerprint density at radius 3 is 2.67 bits per heavy atom. The lowest BCUT2D eigenvalue weighted by Gasteiger charge is -2.21. The molecular formula is C23H27N4O3+. The summed E-state index contributed by atoms with van der Waals surface area (Å²) in [6, 6.07) is 15.6. The van der Waals surface area contributed by atoms with Gasteiger partial charge in [0.2, 0.25) is 0 Å². The van der Waals surface area contributed by atoms with E-state index < -0.39 is 0 Å². The number of methoxy groups -OCH3 is 1. The summed E-state index contributed by atoms with van der Waals surface area (Å²) in [6.07, 6.45) is 2.05. The van der Waals surface area contributed by atoms with E-state index in [1.807, 2.05) is 42.7 Å². The number of hydrogen-bond donors (Lipinski definition) is 3. The Kier molecular flexibility index (Phi) is 5.72. The van der Waals surface area contributed by atoms with E-state index in [0.717, 1.165) is 16.8 Å². The van der Waals surface area contributed by atoms with E-state index in [1.54, 1.807) is 7.11 Å². The zero-order valence-electron chi connectivity index (χ0n) is 17.2. The number of nitrogens with zero attached hydrogens (tertiary/aromatic N) is 1. The molecule has 0 saturated carbocycles. The van der Waals surface area contributed by atoms with Crippen molar-refractivity contribution in [3.8, 4) is 5.75 Å². The Bertz CT molecular complexity index is 1040. The Labute approximate surface area is 175 Å². The number of fused-ring (bicyclic) bond motifs is 1. The van der Waals surface area contributed by atoms with Crippen molar-refractivity contribution in [1.29, 1.82) is 0 Å². The standard InChI is InChI=1S/C23H26N4O3/c1-15(22(28)27-12-11-24-23(27)29)25-13-19(16-7-9-17(30-2)10-8-16)20-14-26-21-6-4-3-5-18(20)21/h3-10,14-15,19,25-26H,11-13H2,1-2H3,(H,24,29)/p+1/t15-,19+/m0/s1. The van der Waals surface area contributed by atoms with Gasteiger partial charge in [0.15, 0.2) is 6.04 Å². The van der Waals surface area contributed by atoms with Gasteiger partial charge in [-0.05, 0) is 36.2 Å². The van der Waals surface area contributed by atoms with Gasteiger partial charge in [-0.25, -0.2) is 4.79 Å². The Balaban J connectivity index is 1.58. The molecule has 0 radical (unpaired) electrons. The van der Waals surface area contributed by atoms with Crippen LogP contribution in [0.2, 0.25) is 0 Å². The first-order valence-corrected chi connectivity index (χ1v) is 10.2. The molecule has 1 fully saturated rings. The second-order valence-corrected chi connectivity index (χ2v) is 7.60. The smallest absolute Gasteiger partial charge is 0.324 e. The van der Waals surface area contributed by atoms with Gasteiger partial charge in [-0.15, -0.1) is 0 Å². The molecule has 3 amide bonds. The summed E-state index contributed by atoms with van der Waals surface area (Å²) < 4.78 is 5.30. The number of benzene rings is 2. The Morgan fingerprint density at radius 2 is 1.97 bits per heavy atom. The monoisotopic (exact) mass is 407 g/mol. The summed E-state index contributed by atoms with van der Waals surface area (Å²) in [4.78, 5) is 29.2. The number of nitrogens with two attached hydrogens (primary N) is 1. The number of para-hydroxylation sites is 1. The van der Waals surface area contributed by atoms with Crippen molar-refractivity contribution in [2.45, 2.75) is 18.9 Å². The summed E-state index contributed by atoms with van der Waals surface area (Å²) in [5, 5.41) is 5.88. The van der Waals surface area contributed by atoms with Crippen molar-refractivity contribution in [3.63, 3.8) is 0 Å². The zero-order chi connectivity index (χ0) is 21.1. The first-order valence-electron chi connectivity index (χ1n) is 10.2. The van der Waals surface area contributed by atoms with Crippen molar-refractivity contribution in [1.82, 2.24) is 15.2 Å². The van der Waals surface area contributed by atoms with Gasteiger partial charge in [-0.1, -0.05) is 30.3 Å². The van der Waals surface area contributed by atoms with E-state index in [0.29, 0.717) is 19.6 Å². The highest BCUT2D eigenvalue weighted by molar-refractivity contribution is 5.97. The molecule has 7 nitrogen and oxygen atoms in total. The number of amides is 3. The van der Waals surface area contributed by atoms with Crippen LogP contribution >= 0.6 is 0 Å². The summed E-state index contributed by atoms with van der Waals surface area (Å²) >= 11 is 0. The molecule has 4 N–H and O–H groups in total. The quantitative estimate of drug-likeness (QED) is 0.558. The second-order valence-electron chi connectivity index (χ2n) is 7.60. The molecule has 0 unspecified atom stereocenters. The van der Waals surface area contributed by atoms with Crippen LogP contribution in [-0.4, -0.2) is 54.6 Å². The predicted molar refractivity (Wildman–Crippen MR) is 115 cm³/mol. The third kappa shape index (κ3) is 3.89. The van der Waals surface area contributed by atoms with Crippen LogP contribution in [0.3, 0.4) is 0 Å². The normalized spacial score (nSPS) is 15.8. The minimum absolute atomic E-state index is 0.0784. The predicted octanol–water partition coefficient (Wildman–Crippen LogP) is 1.81. The van der Waals surface area contributed by atoms with Crippen LogP contribution < -0.4 is 15.4 Å². The Hall–Kier alpha value is -3.32. The van der Waals surface area contributed by atoms with Crippen LogP contribution in [-0.2, 0) is 4.79 Å². The molecule has 0 bridgehead atoms. The SMILES string of the molecule is COc1ccc([C@@H](C[NH2+][C@@H](C)C(=O)N2CCNC2=O)c2c[nH]c3ccccc23)cc1. The average Bonchev–Trinajstić information content (AvgIpc) is 3.40. The van der Waals surface area contributed by atoms with Crippen molar-refractivity contribution >= 4 is 22.8 Å². The highest BCUT2D eigenvalue weighted by Gasteiger charge is 2.32. The molecule has 1 aliphatic heterocycles. The molecule has 156 valence electrons. The first kappa shape index (κ1) is 20.0. The van der Waals surface area contributed by atoms with Crippen LogP contribution in [0.5, 0.6) is 5.75 Å². The molecule has 0 aliphatic carbocycles. The van der Waals surface area contributed by atoms with E-state index in [-0.39, 0.29) is 23.9 Å². The molecule has 2 heterocycles. The minimum atomic E-state index is -0.347. The van der Waals surface area contributed by atoms with Gasteiger partial charge < -0.3 is 20.4 Å². The van der Waals surface area contributed by atoms with E-state index in [2.05, 4.69) is 34.6 Å². The van der Waals surface area contributed by atoms with Gasteiger partial charge in [0.05, 0.1) is 19.6 Å². The fourth-order valence-electron chi connectivity index (χ4n) is 4.03. The first-order chi connectivity index (χ1) is 14.6. The number of aromatic amines is 1. The number of H-pyrrole nitrogens is 1. The van der Waals surface area contributed by atoms with Gasteiger partial charge >= 0.3 is 6.03 Å². The van der Waals surface area contributed by atoms with Crippen LogP contribution in [0, 0.1) is 0 Å². The van der Waals surface area contributed by atoms with Gasteiger partial charge in [-0.3, -0.25) is 9.69 Å². The number of nitrogens with one attached hydrogen (secondary N) is 2. The number of urea groups is 1. The van der Waals surface area contributed by atoms with Crippen molar-refractivity contribution in [2.24, 2.45) is 0 Å². The number of ether oxygens (including phenoxy) is 1. The van der Waals surface area contributed by atoms with Crippen molar-refractivity contribution in [3.05, 3.63) is 65.9 Å². The molecule has 30 heavy (non-hydrogen) atoms. The molecule has 1 aliphatic rings. The Morgan fingerprint density at radius 1 is 1.20 bits per heavy atom. The third-order valence-electron chi connectivity index (χ3n) is 5.75. The van der Waals surface area contributed by atoms with E-state index in [1.165, 1.54) is 15.8 Å². The molecule has 2 aromatic carbocycles. The number of aromatic nitrogens is 1. The third-order valence-corrected chi connectivity index (χ3v) is 5.75. The lowest BCUT2D eigenvalue weighted by atomic mass is 9.90. The fraction of sp³-hybridized carbons (Fsp3) is 0.304. The number of quaternary nitrogens is 1. The number of carbonyl (C=O) groups is 2. The fourth-order valence-corrected chi connectivity index (χ4v) is 4.03.